The number of pyridine rings is 2. The Balaban J connectivity index is 1.74. The van der Waals surface area contributed by atoms with Crippen molar-refractivity contribution in [3.63, 3.8) is 0 Å². The zero-order valence-corrected chi connectivity index (χ0v) is 18.6. The molecule has 0 saturated carbocycles. The van der Waals surface area contributed by atoms with Gasteiger partial charge in [-0.15, -0.1) is 11.8 Å². The third kappa shape index (κ3) is 4.59. The molecule has 0 unspecified atom stereocenters. The molecule has 160 valence electrons. The second-order valence-electron chi connectivity index (χ2n) is 7.01. The molecule has 2 aromatic carbocycles. The molecule has 32 heavy (non-hydrogen) atoms. The van der Waals surface area contributed by atoms with E-state index in [1.165, 1.54) is 24.7 Å². The van der Waals surface area contributed by atoms with Crippen LogP contribution >= 0.6 is 23.4 Å². The lowest BCUT2D eigenvalue weighted by Crippen LogP contribution is -2.24. The van der Waals surface area contributed by atoms with Crippen LogP contribution < -0.4 is 10.7 Å². The van der Waals surface area contributed by atoms with E-state index in [1.807, 2.05) is 24.5 Å². The summed E-state index contributed by atoms with van der Waals surface area (Å²) in [6.07, 6.45) is 6.36. The van der Waals surface area contributed by atoms with Crippen molar-refractivity contribution in [2.45, 2.75) is 11.4 Å². The number of amides is 1. The van der Waals surface area contributed by atoms with E-state index in [9.17, 15) is 14.4 Å². The number of rotatable bonds is 6. The SMILES string of the molecule is CSc1cccc(NC(=O)Cn2cc(C(=O)c3ccncc3)c(=O)c3cc(Cl)ccc32)c1. The lowest BCUT2D eigenvalue weighted by molar-refractivity contribution is -0.116. The minimum Gasteiger partial charge on any atom is -0.337 e. The molecule has 2 aromatic heterocycles. The zero-order chi connectivity index (χ0) is 22.7. The third-order valence-corrected chi connectivity index (χ3v) is 5.86. The van der Waals surface area contributed by atoms with E-state index in [0.29, 0.717) is 21.8 Å². The van der Waals surface area contributed by atoms with E-state index in [4.69, 9.17) is 11.6 Å². The number of thioether (sulfide) groups is 1. The van der Waals surface area contributed by atoms with E-state index < -0.39 is 11.2 Å². The van der Waals surface area contributed by atoms with Gasteiger partial charge < -0.3 is 9.88 Å². The van der Waals surface area contributed by atoms with Gasteiger partial charge in [-0.2, -0.15) is 0 Å². The molecule has 4 aromatic rings. The van der Waals surface area contributed by atoms with Crippen LogP contribution in [0, 0.1) is 0 Å². The van der Waals surface area contributed by atoms with Gasteiger partial charge in [-0.05, 0) is 54.8 Å². The molecule has 8 heteroatoms. The van der Waals surface area contributed by atoms with Crippen LogP contribution in [0.4, 0.5) is 5.69 Å². The quantitative estimate of drug-likeness (QED) is 0.333. The molecular formula is C24H18ClN3O3S. The summed E-state index contributed by atoms with van der Waals surface area (Å²) in [7, 11) is 0. The number of carbonyl (C=O) groups excluding carboxylic acids is 2. The van der Waals surface area contributed by atoms with Crippen LogP contribution in [0.5, 0.6) is 0 Å². The van der Waals surface area contributed by atoms with Gasteiger partial charge in [0.15, 0.2) is 5.78 Å². The maximum atomic E-state index is 13.1. The Bertz CT molecular complexity index is 1390. The maximum absolute atomic E-state index is 13.1. The van der Waals surface area contributed by atoms with E-state index in [1.54, 1.807) is 46.7 Å². The third-order valence-electron chi connectivity index (χ3n) is 4.90. The monoisotopic (exact) mass is 463 g/mol. The number of benzene rings is 2. The summed E-state index contributed by atoms with van der Waals surface area (Å²) in [6.45, 7) is -0.0848. The highest BCUT2D eigenvalue weighted by molar-refractivity contribution is 7.98. The van der Waals surface area contributed by atoms with Crippen LogP contribution in [0.2, 0.25) is 5.02 Å². The van der Waals surface area contributed by atoms with Gasteiger partial charge in [0.2, 0.25) is 11.3 Å². The molecule has 0 bridgehead atoms. The number of nitrogens with zero attached hydrogens (tertiary/aromatic N) is 2. The normalized spacial score (nSPS) is 10.8. The predicted molar refractivity (Wildman–Crippen MR) is 128 cm³/mol. The molecule has 0 atom stereocenters. The summed E-state index contributed by atoms with van der Waals surface area (Å²) in [6, 6.07) is 15.4. The molecule has 0 aliphatic rings. The lowest BCUT2D eigenvalue weighted by atomic mass is 10.0. The molecular weight excluding hydrogens is 446 g/mol. The van der Waals surface area contributed by atoms with Crippen molar-refractivity contribution in [1.82, 2.24) is 9.55 Å². The second-order valence-corrected chi connectivity index (χ2v) is 8.32. The van der Waals surface area contributed by atoms with Crippen LogP contribution in [-0.2, 0) is 11.3 Å². The fourth-order valence-electron chi connectivity index (χ4n) is 3.38. The van der Waals surface area contributed by atoms with Crippen molar-refractivity contribution >= 4 is 51.6 Å². The number of hydrogen-bond donors (Lipinski definition) is 1. The van der Waals surface area contributed by atoms with Crippen molar-refractivity contribution in [2.24, 2.45) is 0 Å². The van der Waals surface area contributed by atoms with Gasteiger partial charge >= 0.3 is 0 Å². The Labute approximate surface area is 193 Å². The number of ketones is 1. The molecule has 0 aliphatic heterocycles. The topological polar surface area (TPSA) is 81.1 Å². The van der Waals surface area contributed by atoms with Gasteiger partial charge in [0.1, 0.15) is 6.54 Å². The zero-order valence-electron chi connectivity index (χ0n) is 17.0. The minimum atomic E-state index is -0.443. The summed E-state index contributed by atoms with van der Waals surface area (Å²) < 4.78 is 1.59. The first-order chi connectivity index (χ1) is 15.5. The molecule has 1 N–H and O–H groups in total. The van der Waals surface area contributed by atoms with Gasteiger partial charge in [-0.1, -0.05) is 17.7 Å². The summed E-state index contributed by atoms with van der Waals surface area (Å²) in [5, 5.41) is 3.51. The predicted octanol–water partition coefficient (Wildman–Crippen LogP) is 4.64. The first kappa shape index (κ1) is 21.8. The standard InChI is InChI=1S/C24H18ClN3O3S/c1-32-18-4-2-3-17(12-18)27-22(29)14-28-13-20(23(30)15-7-9-26-10-8-15)24(31)19-11-16(25)5-6-21(19)28/h2-13H,14H2,1H3,(H,27,29). The van der Waals surface area contributed by atoms with Crippen molar-refractivity contribution in [1.29, 1.82) is 0 Å². The fraction of sp³-hybridized carbons (Fsp3) is 0.0833. The van der Waals surface area contributed by atoms with Crippen molar-refractivity contribution in [3.05, 3.63) is 99.6 Å². The first-order valence-electron chi connectivity index (χ1n) is 9.67. The largest absolute Gasteiger partial charge is 0.337 e. The Hall–Kier alpha value is -3.42. The van der Waals surface area contributed by atoms with Crippen molar-refractivity contribution in [3.8, 4) is 0 Å². The highest BCUT2D eigenvalue weighted by atomic mass is 35.5. The molecule has 4 rings (SSSR count). The Morgan fingerprint density at radius 2 is 1.88 bits per heavy atom. The van der Waals surface area contributed by atoms with E-state index in [0.717, 1.165) is 4.90 Å². The number of fused-ring (bicyclic) bond motifs is 1. The molecule has 2 heterocycles. The average Bonchev–Trinajstić information content (AvgIpc) is 2.81. The molecule has 6 nitrogen and oxygen atoms in total. The van der Waals surface area contributed by atoms with Gasteiger partial charge in [-0.25, -0.2) is 0 Å². The van der Waals surface area contributed by atoms with Crippen LogP contribution in [-0.4, -0.2) is 27.5 Å². The molecule has 0 aliphatic carbocycles. The minimum absolute atomic E-state index is 0.0388. The molecule has 0 fully saturated rings. The first-order valence-corrected chi connectivity index (χ1v) is 11.3. The summed E-state index contributed by atoms with van der Waals surface area (Å²) >= 11 is 7.69. The van der Waals surface area contributed by atoms with Gasteiger partial charge in [0, 0.05) is 45.1 Å². The fourth-order valence-corrected chi connectivity index (χ4v) is 4.01. The molecule has 0 radical (unpaired) electrons. The summed E-state index contributed by atoms with van der Waals surface area (Å²) in [4.78, 5) is 43.8. The van der Waals surface area contributed by atoms with Crippen LogP contribution in [0.3, 0.4) is 0 Å². The summed E-state index contributed by atoms with van der Waals surface area (Å²) in [5.74, 6) is -0.730. The van der Waals surface area contributed by atoms with Gasteiger partial charge in [0.05, 0.1) is 11.1 Å². The van der Waals surface area contributed by atoms with Gasteiger partial charge in [0.25, 0.3) is 0 Å². The molecule has 0 saturated heterocycles. The van der Waals surface area contributed by atoms with Crippen LogP contribution in [0.25, 0.3) is 10.9 Å². The number of halogens is 1. The Morgan fingerprint density at radius 3 is 2.62 bits per heavy atom. The number of nitrogens with one attached hydrogen (secondary N) is 1. The molecule has 1 amide bonds. The smallest absolute Gasteiger partial charge is 0.244 e. The van der Waals surface area contributed by atoms with E-state index in [-0.39, 0.29) is 23.4 Å². The Morgan fingerprint density at radius 1 is 1.09 bits per heavy atom. The van der Waals surface area contributed by atoms with E-state index >= 15 is 0 Å². The highest BCUT2D eigenvalue weighted by Gasteiger charge is 2.18. The summed E-state index contributed by atoms with van der Waals surface area (Å²) in [5.41, 5.74) is 1.04. The lowest BCUT2D eigenvalue weighted by Gasteiger charge is -2.14. The van der Waals surface area contributed by atoms with Crippen LogP contribution in [0.15, 0.2) is 82.9 Å². The maximum Gasteiger partial charge on any atom is 0.244 e. The number of carbonyl (C=O) groups is 2. The van der Waals surface area contributed by atoms with Gasteiger partial charge in [-0.3, -0.25) is 19.4 Å². The number of hydrogen-bond acceptors (Lipinski definition) is 5. The number of anilines is 1. The number of aromatic nitrogens is 2. The Kier molecular flexibility index (Phi) is 6.39. The van der Waals surface area contributed by atoms with E-state index in [2.05, 4.69) is 10.3 Å². The second kappa shape index (κ2) is 9.38. The molecule has 0 spiro atoms. The highest BCUT2D eigenvalue weighted by Crippen LogP contribution is 2.21. The van der Waals surface area contributed by atoms with Crippen LogP contribution in [0.1, 0.15) is 15.9 Å². The van der Waals surface area contributed by atoms with Crippen molar-refractivity contribution < 1.29 is 9.59 Å². The van der Waals surface area contributed by atoms with Crippen molar-refractivity contribution in [2.75, 3.05) is 11.6 Å². The average molecular weight is 464 g/mol.